The van der Waals surface area contributed by atoms with Gasteiger partial charge in [0.15, 0.2) is 0 Å². The second kappa shape index (κ2) is 7.94. The highest BCUT2D eigenvalue weighted by atomic mass is 16.4. The van der Waals surface area contributed by atoms with Crippen LogP contribution in [0.4, 0.5) is 0 Å². The number of amides is 1. The van der Waals surface area contributed by atoms with Gasteiger partial charge in [-0.1, -0.05) is 42.5 Å². The summed E-state index contributed by atoms with van der Waals surface area (Å²) in [6.45, 7) is 2.08. The molecule has 0 radical (unpaired) electrons. The average Bonchev–Trinajstić information content (AvgIpc) is 3.04. The minimum absolute atomic E-state index is 0.0439. The van der Waals surface area contributed by atoms with E-state index in [1.807, 2.05) is 35.2 Å². The molecule has 2 N–H and O–H groups in total. The molecule has 3 rings (SSSR count). The predicted octanol–water partition coefficient (Wildman–Crippen LogP) is 2.84. The average molecular weight is 338 g/mol. The molecule has 1 unspecified atom stereocenters. The maximum atomic E-state index is 12.0. The molecule has 1 amide bonds. The van der Waals surface area contributed by atoms with Gasteiger partial charge in [-0.3, -0.25) is 4.79 Å². The molecule has 1 heterocycles. The molecule has 130 valence electrons. The SMILES string of the molecule is O=C(O)c1ccc(CNC(CN2CCCC2=O)c2ccccc2)cc1. The second-order valence-corrected chi connectivity index (χ2v) is 6.29. The molecular weight excluding hydrogens is 316 g/mol. The van der Waals surface area contributed by atoms with Crippen molar-refractivity contribution in [3.8, 4) is 0 Å². The Kier molecular flexibility index (Phi) is 5.46. The van der Waals surface area contributed by atoms with E-state index in [1.165, 1.54) is 0 Å². The number of benzene rings is 2. The molecule has 0 aliphatic carbocycles. The Morgan fingerprint density at radius 3 is 2.44 bits per heavy atom. The summed E-state index contributed by atoms with van der Waals surface area (Å²) in [7, 11) is 0. The molecule has 1 atom stereocenters. The Balaban J connectivity index is 1.69. The molecule has 5 nitrogen and oxygen atoms in total. The van der Waals surface area contributed by atoms with Crippen LogP contribution in [0.2, 0.25) is 0 Å². The lowest BCUT2D eigenvalue weighted by atomic mass is 10.1. The van der Waals surface area contributed by atoms with Gasteiger partial charge in [0, 0.05) is 26.1 Å². The van der Waals surface area contributed by atoms with Crippen molar-refractivity contribution in [3.05, 3.63) is 71.3 Å². The van der Waals surface area contributed by atoms with Crippen LogP contribution in [0.1, 0.15) is 40.4 Å². The number of hydrogen-bond donors (Lipinski definition) is 2. The van der Waals surface area contributed by atoms with Crippen LogP contribution in [-0.2, 0) is 11.3 Å². The molecular formula is C20H22N2O3. The monoisotopic (exact) mass is 338 g/mol. The highest BCUT2D eigenvalue weighted by Gasteiger charge is 2.24. The maximum absolute atomic E-state index is 12.0. The first kappa shape index (κ1) is 17.2. The van der Waals surface area contributed by atoms with Crippen LogP contribution in [-0.4, -0.2) is 35.0 Å². The van der Waals surface area contributed by atoms with Gasteiger partial charge < -0.3 is 15.3 Å². The molecule has 0 saturated carbocycles. The molecule has 2 aromatic carbocycles. The number of nitrogens with zero attached hydrogens (tertiary/aromatic N) is 1. The highest BCUT2D eigenvalue weighted by molar-refractivity contribution is 5.87. The van der Waals surface area contributed by atoms with E-state index in [2.05, 4.69) is 17.4 Å². The van der Waals surface area contributed by atoms with Crippen molar-refractivity contribution < 1.29 is 14.7 Å². The van der Waals surface area contributed by atoms with E-state index < -0.39 is 5.97 Å². The van der Waals surface area contributed by atoms with Gasteiger partial charge in [-0.15, -0.1) is 0 Å². The molecule has 0 aromatic heterocycles. The lowest BCUT2D eigenvalue weighted by Gasteiger charge is -2.25. The number of carbonyl (C=O) groups excluding carboxylic acids is 1. The number of carboxylic acid groups (broad SMARTS) is 1. The summed E-state index contributed by atoms with van der Waals surface area (Å²) >= 11 is 0. The van der Waals surface area contributed by atoms with Gasteiger partial charge in [0.1, 0.15) is 0 Å². The summed E-state index contributed by atoms with van der Waals surface area (Å²) in [5.41, 5.74) is 2.44. The summed E-state index contributed by atoms with van der Waals surface area (Å²) in [4.78, 5) is 24.8. The van der Waals surface area contributed by atoms with Crippen LogP contribution in [0.3, 0.4) is 0 Å². The number of likely N-dealkylation sites (tertiary alicyclic amines) is 1. The fraction of sp³-hybridized carbons (Fsp3) is 0.300. The smallest absolute Gasteiger partial charge is 0.335 e. The molecule has 1 aliphatic heterocycles. The summed E-state index contributed by atoms with van der Waals surface area (Å²) < 4.78 is 0. The maximum Gasteiger partial charge on any atom is 0.335 e. The van der Waals surface area contributed by atoms with E-state index in [9.17, 15) is 9.59 Å². The molecule has 1 saturated heterocycles. The Labute approximate surface area is 147 Å². The standard InChI is InChI=1S/C20H22N2O3/c23-19-7-4-12-22(19)14-18(16-5-2-1-3-6-16)21-13-15-8-10-17(11-9-15)20(24)25/h1-3,5-6,8-11,18,21H,4,7,12-14H2,(H,24,25). The van der Waals surface area contributed by atoms with Crippen LogP contribution in [0.25, 0.3) is 0 Å². The molecule has 0 bridgehead atoms. The zero-order chi connectivity index (χ0) is 17.6. The number of carbonyl (C=O) groups is 2. The van der Waals surface area contributed by atoms with Crippen LogP contribution < -0.4 is 5.32 Å². The Morgan fingerprint density at radius 2 is 1.84 bits per heavy atom. The van der Waals surface area contributed by atoms with Crippen molar-refractivity contribution >= 4 is 11.9 Å². The number of carboxylic acids is 1. The Hall–Kier alpha value is -2.66. The third kappa shape index (κ3) is 4.45. The third-order valence-electron chi connectivity index (χ3n) is 4.53. The zero-order valence-electron chi connectivity index (χ0n) is 14.0. The fourth-order valence-electron chi connectivity index (χ4n) is 3.10. The van der Waals surface area contributed by atoms with Gasteiger partial charge >= 0.3 is 5.97 Å². The van der Waals surface area contributed by atoms with Gasteiger partial charge in [0.05, 0.1) is 11.6 Å². The highest BCUT2D eigenvalue weighted by Crippen LogP contribution is 2.19. The molecule has 5 heteroatoms. The van der Waals surface area contributed by atoms with Crippen LogP contribution in [0, 0.1) is 0 Å². The van der Waals surface area contributed by atoms with Gasteiger partial charge in [-0.05, 0) is 29.7 Å². The van der Waals surface area contributed by atoms with E-state index in [0.29, 0.717) is 19.5 Å². The van der Waals surface area contributed by atoms with E-state index in [4.69, 9.17) is 5.11 Å². The van der Waals surface area contributed by atoms with E-state index >= 15 is 0 Å². The Bertz CT molecular complexity index is 728. The van der Waals surface area contributed by atoms with Crippen molar-refractivity contribution in [2.45, 2.75) is 25.4 Å². The first-order valence-corrected chi connectivity index (χ1v) is 8.52. The minimum atomic E-state index is -0.922. The van der Waals surface area contributed by atoms with Crippen LogP contribution in [0.5, 0.6) is 0 Å². The molecule has 25 heavy (non-hydrogen) atoms. The molecule has 2 aromatic rings. The van der Waals surface area contributed by atoms with Crippen molar-refractivity contribution in [1.29, 1.82) is 0 Å². The van der Waals surface area contributed by atoms with E-state index in [0.717, 1.165) is 24.1 Å². The fourth-order valence-corrected chi connectivity index (χ4v) is 3.10. The number of rotatable bonds is 7. The zero-order valence-corrected chi connectivity index (χ0v) is 14.0. The van der Waals surface area contributed by atoms with Crippen molar-refractivity contribution in [3.63, 3.8) is 0 Å². The van der Waals surface area contributed by atoms with Crippen molar-refractivity contribution in [2.75, 3.05) is 13.1 Å². The molecule has 1 aliphatic rings. The number of nitrogens with one attached hydrogen (secondary N) is 1. The third-order valence-corrected chi connectivity index (χ3v) is 4.53. The first-order chi connectivity index (χ1) is 12.1. The summed E-state index contributed by atoms with van der Waals surface area (Å²) in [6.07, 6.45) is 1.56. The van der Waals surface area contributed by atoms with Crippen LogP contribution >= 0.6 is 0 Å². The largest absolute Gasteiger partial charge is 0.478 e. The predicted molar refractivity (Wildman–Crippen MR) is 95.2 cm³/mol. The lowest BCUT2D eigenvalue weighted by Crippen LogP contribution is -2.35. The Morgan fingerprint density at radius 1 is 1.12 bits per heavy atom. The normalized spacial score (nSPS) is 15.4. The topological polar surface area (TPSA) is 69.6 Å². The van der Waals surface area contributed by atoms with Gasteiger partial charge in [-0.2, -0.15) is 0 Å². The van der Waals surface area contributed by atoms with Gasteiger partial charge in [0.2, 0.25) is 5.91 Å². The lowest BCUT2D eigenvalue weighted by molar-refractivity contribution is -0.128. The van der Waals surface area contributed by atoms with E-state index in [-0.39, 0.29) is 17.5 Å². The minimum Gasteiger partial charge on any atom is -0.478 e. The quantitative estimate of drug-likeness (QED) is 0.814. The van der Waals surface area contributed by atoms with E-state index in [1.54, 1.807) is 12.1 Å². The summed E-state index contributed by atoms with van der Waals surface area (Å²) in [6, 6.07) is 17.0. The first-order valence-electron chi connectivity index (χ1n) is 8.52. The van der Waals surface area contributed by atoms with Crippen molar-refractivity contribution in [1.82, 2.24) is 10.2 Å². The van der Waals surface area contributed by atoms with Crippen LogP contribution in [0.15, 0.2) is 54.6 Å². The second-order valence-electron chi connectivity index (χ2n) is 6.29. The van der Waals surface area contributed by atoms with Crippen molar-refractivity contribution in [2.24, 2.45) is 0 Å². The number of hydrogen-bond acceptors (Lipinski definition) is 3. The molecule has 1 fully saturated rings. The summed E-state index contributed by atoms with van der Waals surface area (Å²) in [5, 5.41) is 12.5. The van der Waals surface area contributed by atoms with Gasteiger partial charge in [-0.25, -0.2) is 4.79 Å². The molecule has 0 spiro atoms. The number of aromatic carboxylic acids is 1. The summed E-state index contributed by atoms with van der Waals surface area (Å²) in [5.74, 6) is -0.706. The van der Waals surface area contributed by atoms with Gasteiger partial charge in [0.25, 0.3) is 0 Å².